The molecule has 0 N–H and O–H groups in total. The Labute approximate surface area is 164 Å². The number of Topliss-reactive ketones (excluding diaryl/α,β-unsaturated/α-hetero) is 1. The van der Waals surface area contributed by atoms with Crippen LogP contribution in [-0.2, 0) is 6.42 Å². The summed E-state index contributed by atoms with van der Waals surface area (Å²) in [5.74, 6) is 0.0503. The molecule has 0 radical (unpaired) electrons. The van der Waals surface area contributed by atoms with Crippen molar-refractivity contribution in [1.29, 1.82) is 0 Å². The van der Waals surface area contributed by atoms with Crippen LogP contribution in [0.3, 0.4) is 0 Å². The van der Waals surface area contributed by atoms with Crippen LogP contribution in [0.2, 0.25) is 0 Å². The summed E-state index contributed by atoms with van der Waals surface area (Å²) in [6, 6.07) is 18.2. The molecule has 0 aliphatic rings. The van der Waals surface area contributed by atoms with E-state index in [-0.39, 0.29) is 12.2 Å². The van der Waals surface area contributed by atoms with Gasteiger partial charge >= 0.3 is 0 Å². The minimum Gasteiger partial charge on any atom is -0.294 e. The monoisotopic (exact) mass is 369 g/mol. The summed E-state index contributed by atoms with van der Waals surface area (Å²) in [6.45, 7) is 7.98. The average Bonchev–Trinajstić information content (AvgIpc) is 2.97. The number of benzene rings is 2. The maximum absolute atomic E-state index is 13.1. The quantitative estimate of drug-likeness (QED) is 0.471. The first-order valence-electron chi connectivity index (χ1n) is 9.46. The van der Waals surface area contributed by atoms with E-state index < -0.39 is 0 Å². The fraction of sp³-hybridized carbons (Fsp3) is 0.208. The lowest BCUT2D eigenvalue weighted by Crippen LogP contribution is -2.08. The zero-order chi connectivity index (χ0) is 19.8. The molecule has 0 amide bonds. The fourth-order valence-electron chi connectivity index (χ4n) is 3.69. The van der Waals surface area contributed by atoms with Crippen LogP contribution in [0, 0.1) is 27.7 Å². The van der Waals surface area contributed by atoms with Crippen LogP contribution in [0.5, 0.6) is 0 Å². The third-order valence-corrected chi connectivity index (χ3v) is 5.16. The molecule has 0 atom stereocenters. The third kappa shape index (κ3) is 3.22. The lowest BCUT2D eigenvalue weighted by molar-refractivity contribution is 0.0991. The van der Waals surface area contributed by atoms with Crippen molar-refractivity contribution in [2.45, 2.75) is 34.1 Å². The van der Waals surface area contributed by atoms with Gasteiger partial charge in [-0.15, -0.1) is 0 Å². The van der Waals surface area contributed by atoms with Crippen LogP contribution in [0.4, 0.5) is 0 Å². The largest absolute Gasteiger partial charge is 0.294 e. The van der Waals surface area contributed by atoms with Crippen LogP contribution in [0.1, 0.15) is 38.6 Å². The minimum atomic E-state index is 0.0503. The number of hydrogen-bond acceptors (Lipinski definition) is 3. The van der Waals surface area contributed by atoms with Crippen molar-refractivity contribution in [3.8, 4) is 5.69 Å². The van der Waals surface area contributed by atoms with Crippen LogP contribution in [-0.4, -0.2) is 20.5 Å². The van der Waals surface area contributed by atoms with E-state index in [0.717, 1.165) is 39.2 Å². The minimum absolute atomic E-state index is 0.0503. The second kappa shape index (κ2) is 7.04. The number of carbonyl (C=O) groups excluding carboxylic acids is 1. The lowest BCUT2D eigenvalue weighted by atomic mass is 10.0. The van der Waals surface area contributed by atoms with Crippen molar-refractivity contribution >= 4 is 16.7 Å². The topological polar surface area (TPSA) is 47.8 Å². The number of pyridine rings is 1. The molecule has 0 spiro atoms. The van der Waals surface area contributed by atoms with E-state index in [1.54, 1.807) is 0 Å². The van der Waals surface area contributed by atoms with Gasteiger partial charge in [0.25, 0.3) is 0 Å². The smallest absolute Gasteiger partial charge is 0.172 e. The van der Waals surface area contributed by atoms with E-state index in [4.69, 9.17) is 0 Å². The summed E-state index contributed by atoms with van der Waals surface area (Å²) in [6.07, 6.45) is 0.269. The normalized spacial score (nSPS) is 11.1. The average molecular weight is 369 g/mol. The van der Waals surface area contributed by atoms with E-state index in [1.165, 1.54) is 5.56 Å². The van der Waals surface area contributed by atoms with Crippen molar-refractivity contribution in [2.24, 2.45) is 0 Å². The van der Waals surface area contributed by atoms with Gasteiger partial charge in [0.2, 0.25) is 0 Å². The van der Waals surface area contributed by atoms with Crippen LogP contribution in [0.25, 0.3) is 16.6 Å². The van der Waals surface area contributed by atoms with E-state index >= 15 is 0 Å². The van der Waals surface area contributed by atoms with Crippen LogP contribution < -0.4 is 0 Å². The van der Waals surface area contributed by atoms with Crippen molar-refractivity contribution in [3.63, 3.8) is 0 Å². The summed E-state index contributed by atoms with van der Waals surface area (Å²) >= 11 is 0. The highest BCUT2D eigenvalue weighted by Gasteiger charge is 2.20. The molecule has 0 aliphatic carbocycles. The predicted octanol–water partition coefficient (Wildman–Crippen LogP) is 5.08. The summed E-state index contributed by atoms with van der Waals surface area (Å²) in [5.41, 5.74) is 7.32. The van der Waals surface area contributed by atoms with Crippen molar-refractivity contribution in [2.75, 3.05) is 0 Å². The molecular formula is C24H23N3O. The molecule has 0 unspecified atom stereocenters. The summed E-state index contributed by atoms with van der Waals surface area (Å²) < 4.78 is 1.89. The first kappa shape index (κ1) is 18.1. The molecule has 0 saturated carbocycles. The maximum atomic E-state index is 13.1. The fourth-order valence-corrected chi connectivity index (χ4v) is 3.69. The Kier molecular flexibility index (Phi) is 4.55. The Morgan fingerprint density at radius 2 is 1.75 bits per heavy atom. The van der Waals surface area contributed by atoms with E-state index in [2.05, 4.69) is 42.1 Å². The van der Waals surface area contributed by atoms with Gasteiger partial charge in [-0.1, -0.05) is 36.4 Å². The van der Waals surface area contributed by atoms with Crippen molar-refractivity contribution < 1.29 is 4.79 Å². The van der Waals surface area contributed by atoms with Gasteiger partial charge in [-0.25, -0.2) is 4.68 Å². The van der Waals surface area contributed by atoms with Gasteiger partial charge in [0, 0.05) is 11.1 Å². The maximum Gasteiger partial charge on any atom is 0.172 e. The number of nitrogens with zero attached hydrogens (tertiary/aromatic N) is 3. The molecule has 0 bridgehead atoms. The van der Waals surface area contributed by atoms with Gasteiger partial charge < -0.3 is 0 Å². The highest BCUT2D eigenvalue weighted by Crippen LogP contribution is 2.23. The Morgan fingerprint density at radius 3 is 2.57 bits per heavy atom. The molecule has 4 heteroatoms. The molecule has 0 aliphatic heterocycles. The predicted molar refractivity (Wildman–Crippen MR) is 112 cm³/mol. The molecule has 28 heavy (non-hydrogen) atoms. The number of ketones is 1. The number of hydrogen-bond donors (Lipinski definition) is 0. The molecule has 0 saturated heterocycles. The molecule has 2 aromatic carbocycles. The van der Waals surface area contributed by atoms with Crippen LogP contribution >= 0.6 is 0 Å². The molecule has 4 aromatic rings. The highest BCUT2D eigenvalue weighted by molar-refractivity contribution is 5.99. The Hall–Kier alpha value is -3.27. The van der Waals surface area contributed by atoms with E-state index in [0.29, 0.717) is 5.56 Å². The lowest BCUT2D eigenvalue weighted by Gasteiger charge is -2.10. The molecule has 140 valence electrons. The summed E-state index contributed by atoms with van der Waals surface area (Å²) in [4.78, 5) is 17.7. The Morgan fingerprint density at radius 1 is 0.964 bits per heavy atom. The molecule has 2 aromatic heterocycles. The van der Waals surface area contributed by atoms with Gasteiger partial charge in [-0.3, -0.25) is 9.78 Å². The van der Waals surface area contributed by atoms with Gasteiger partial charge in [-0.2, -0.15) is 5.10 Å². The number of aromatic nitrogens is 3. The summed E-state index contributed by atoms with van der Waals surface area (Å²) in [7, 11) is 0. The Balaban J connectivity index is 1.69. The van der Waals surface area contributed by atoms with Gasteiger partial charge in [0.05, 0.1) is 34.6 Å². The van der Waals surface area contributed by atoms with E-state index in [1.807, 2.05) is 54.9 Å². The van der Waals surface area contributed by atoms with Crippen molar-refractivity contribution in [3.05, 3.63) is 88.4 Å². The SMILES string of the molecule is Cc1ccc(C)c(-n2nc(C)c(C(=O)Cc3ccc4ccccc4n3)c2C)c1. The van der Waals surface area contributed by atoms with Crippen molar-refractivity contribution in [1.82, 2.24) is 14.8 Å². The first-order valence-corrected chi connectivity index (χ1v) is 9.46. The number of fused-ring (bicyclic) bond motifs is 1. The number of aryl methyl sites for hydroxylation is 3. The first-order chi connectivity index (χ1) is 13.4. The zero-order valence-electron chi connectivity index (χ0n) is 16.7. The van der Waals surface area contributed by atoms with Crippen LogP contribution in [0.15, 0.2) is 54.6 Å². The van der Waals surface area contributed by atoms with Gasteiger partial charge in [-0.05, 0) is 57.0 Å². The highest BCUT2D eigenvalue weighted by atomic mass is 16.1. The number of rotatable bonds is 4. The number of para-hydroxylation sites is 1. The molecular weight excluding hydrogens is 346 g/mol. The zero-order valence-corrected chi connectivity index (χ0v) is 16.7. The second-order valence-corrected chi connectivity index (χ2v) is 7.34. The molecule has 4 rings (SSSR count). The second-order valence-electron chi connectivity index (χ2n) is 7.34. The van der Waals surface area contributed by atoms with Gasteiger partial charge in [0.15, 0.2) is 5.78 Å². The third-order valence-electron chi connectivity index (χ3n) is 5.16. The molecule has 2 heterocycles. The summed E-state index contributed by atoms with van der Waals surface area (Å²) in [5, 5.41) is 5.75. The van der Waals surface area contributed by atoms with Gasteiger partial charge in [0.1, 0.15) is 0 Å². The Bertz CT molecular complexity index is 1200. The molecule has 4 nitrogen and oxygen atoms in total. The number of carbonyl (C=O) groups is 1. The standard InChI is InChI=1S/C24H23N3O/c1-15-9-10-16(2)22(13-15)27-18(4)24(17(3)26-27)23(28)14-20-12-11-19-7-5-6-8-21(19)25-20/h5-13H,14H2,1-4H3. The van der Waals surface area contributed by atoms with E-state index in [9.17, 15) is 4.79 Å². The molecule has 0 fully saturated rings.